The molecule has 3 nitrogen and oxygen atoms in total. The SMILES string of the molecule is NCC(Oc1ccc(Br)cc1Cl)c1ccccn1. The Hall–Kier alpha value is -1.10. The summed E-state index contributed by atoms with van der Waals surface area (Å²) in [6.45, 7) is 0.337. The van der Waals surface area contributed by atoms with Gasteiger partial charge < -0.3 is 10.5 Å². The van der Waals surface area contributed by atoms with Crippen LogP contribution in [-0.2, 0) is 0 Å². The minimum Gasteiger partial charge on any atom is -0.481 e. The molecule has 2 rings (SSSR count). The molecule has 2 aromatic rings. The van der Waals surface area contributed by atoms with Gasteiger partial charge in [0, 0.05) is 17.2 Å². The lowest BCUT2D eigenvalue weighted by Crippen LogP contribution is -2.19. The zero-order valence-electron chi connectivity index (χ0n) is 9.51. The third-order valence-electron chi connectivity index (χ3n) is 2.39. The Labute approximate surface area is 119 Å². The van der Waals surface area contributed by atoms with E-state index in [0.29, 0.717) is 17.3 Å². The van der Waals surface area contributed by atoms with Gasteiger partial charge in [-0.25, -0.2) is 0 Å². The third kappa shape index (κ3) is 3.22. The lowest BCUT2D eigenvalue weighted by Gasteiger charge is -2.17. The van der Waals surface area contributed by atoms with E-state index in [-0.39, 0.29) is 6.10 Å². The maximum absolute atomic E-state index is 6.10. The lowest BCUT2D eigenvalue weighted by atomic mass is 10.2. The van der Waals surface area contributed by atoms with E-state index in [4.69, 9.17) is 22.1 Å². The molecule has 0 saturated heterocycles. The van der Waals surface area contributed by atoms with E-state index in [2.05, 4.69) is 20.9 Å². The van der Waals surface area contributed by atoms with Crippen molar-refractivity contribution in [2.24, 2.45) is 5.73 Å². The lowest BCUT2D eigenvalue weighted by molar-refractivity contribution is 0.209. The highest BCUT2D eigenvalue weighted by atomic mass is 79.9. The van der Waals surface area contributed by atoms with Crippen LogP contribution in [0.25, 0.3) is 0 Å². The van der Waals surface area contributed by atoms with Crippen molar-refractivity contribution in [3.8, 4) is 5.75 Å². The Morgan fingerprint density at radius 1 is 1.33 bits per heavy atom. The molecule has 0 aliphatic rings. The summed E-state index contributed by atoms with van der Waals surface area (Å²) in [7, 11) is 0. The van der Waals surface area contributed by atoms with Gasteiger partial charge in [0.1, 0.15) is 5.75 Å². The van der Waals surface area contributed by atoms with Gasteiger partial charge in [-0.3, -0.25) is 4.98 Å². The molecule has 0 amide bonds. The molecule has 5 heteroatoms. The van der Waals surface area contributed by atoms with E-state index in [1.54, 1.807) is 18.3 Å². The number of nitrogens with two attached hydrogens (primary N) is 1. The number of rotatable bonds is 4. The second kappa shape index (κ2) is 6.18. The number of halogens is 2. The number of hydrogen-bond donors (Lipinski definition) is 1. The molecule has 0 saturated carbocycles. The van der Waals surface area contributed by atoms with Crippen molar-refractivity contribution in [1.29, 1.82) is 0 Å². The summed E-state index contributed by atoms with van der Waals surface area (Å²) in [5.74, 6) is 0.598. The number of nitrogens with zero attached hydrogens (tertiary/aromatic N) is 1. The molecule has 18 heavy (non-hydrogen) atoms. The number of ether oxygens (including phenoxy) is 1. The van der Waals surface area contributed by atoms with Crippen LogP contribution in [0.15, 0.2) is 47.1 Å². The summed E-state index contributed by atoms with van der Waals surface area (Å²) >= 11 is 9.45. The molecule has 0 fully saturated rings. The fourth-order valence-corrected chi connectivity index (χ4v) is 2.24. The van der Waals surface area contributed by atoms with E-state index < -0.39 is 0 Å². The minimum absolute atomic E-state index is 0.301. The van der Waals surface area contributed by atoms with E-state index in [1.807, 2.05) is 24.3 Å². The first kappa shape index (κ1) is 13.3. The average molecular weight is 328 g/mol. The van der Waals surface area contributed by atoms with Crippen LogP contribution in [-0.4, -0.2) is 11.5 Å². The predicted molar refractivity (Wildman–Crippen MR) is 75.8 cm³/mol. The molecule has 0 bridgehead atoms. The van der Waals surface area contributed by atoms with Gasteiger partial charge in [0.15, 0.2) is 6.10 Å². The summed E-state index contributed by atoms with van der Waals surface area (Å²) in [4.78, 5) is 4.24. The van der Waals surface area contributed by atoms with Crippen molar-refractivity contribution in [1.82, 2.24) is 4.98 Å². The van der Waals surface area contributed by atoms with Gasteiger partial charge in [-0.2, -0.15) is 0 Å². The fraction of sp³-hybridized carbons (Fsp3) is 0.154. The first-order valence-electron chi connectivity index (χ1n) is 5.43. The molecule has 1 aromatic heterocycles. The molecule has 1 aromatic carbocycles. The van der Waals surface area contributed by atoms with Crippen LogP contribution in [0.4, 0.5) is 0 Å². The van der Waals surface area contributed by atoms with Crippen LogP contribution in [0.2, 0.25) is 5.02 Å². The Morgan fingerprint density at radius 2 is 2.17 bits per heavy atom. The van der Waals surface area contributed by atoms with Crippen LogP contribution in [0.3, 0.4) is 0 Å². The van der Waals surface area contributed by atoms with Crippen LogP contribution >= 0.6 is 27.5 Å². The zero-order valence-corrected chi connectivity index (χ0v) is 11.9. The molecule has 1 atom stereocenters. The summed E-state index contributed by atoms with van der Waals surface area (Å²) in [6, 6.07) is 11.1. The van der Waals surface area contributed by atoms with Crippen molar-refractivity contribution in [3.05, 3.63) is 57.8 Å². The topological polar surface area (TPSA) is 48.1 Å². The highest BCUT2D eigenvalue weighted by Crippen LogP contribution is 2.30. The fourth-order valence-electron chi connectivity index (χ4n) is 1.52. The largest absolute Gasteiger partial charge is 0.481 e. The monoisotopic (exact) mass is 326 g/mol. The van der Waals surface area contributed by atoms with Gasteiger partial charge in [-0.1, -0.05) is 33.6 Å². The van der Waals surface area contributed by atoms with E-state index in [9.17, 15) is 0 Å². The van der Waals surface area contributed by atoms with E-state index >= 15 is 0 Å². The number of hydrogen-bond acceptors (Lipinski definition) is 3. The molecule has 0 aliphatic carbocycles. The zero-order chi connectivity index (χ0) is 13.0. The van der Waals surface area contributed by atoms with Gasteiger partial charge in [0.25, 0.3) is 0 Å². The maximum Gasteiger partial charge on any atom is 0.153 e. The highest BCUT2D eigenvalue weighted by molar-refractivity contribution is 9.10. The summed E-state index contributed by atoms with van der Waals surface area (Å²) in [5.41, 5.74) is 6.51. The summed E-state index contributed by atoms with van der Waals surface area (Å²) in [6.07, 6.45) is 1.41. The molecular formula is C13H12BrClN2O. The van der Waals surface area contributed by atoms with Crippen molar-refractivity contribution < 1.29 is 4.74 Å². The molecular weight excluding hydrogens is 316 g/mol. The smallest absolute Gasteiger partial charge is 0.153 e. The van der Waals surface area contributed by atoms with E-state index in [0.717, 1.165) is 10.2 Å². The number of benzene rings is 1. The standard InChI is InChI=1S/C13H12BrClN2O/c14-9-4-5-12(10(15)7-9)18-13(8-16)11-3-1-2-6-17-11/h1-7,13H,8,16H2. The quantitative estimate of drug-likeness (QED) is 0.934. The van der Waals surface area contributed by atoms with Gasteiger partial charge >= 0.3 is 0 Å². The van der Waals surface area contributed by atoms with Crippen LogP contribution in [0.1, 0.15) is 11.8 Å². The molecule has 1 unspecified atom stereocenters. The molecule has 94 valence electrons. The Kier molecular flexibility index (Phi) is 4.58. The molecule has 2 N–H and O–H groups in total. The third-order valence-corrected chi connectivity index (χ3v) is 3.18. The van der Waals surface area contributed by atoms with E-state index in [1.165, 1.54) is 0 Å². The number of aromatic nitrogens is 1. The van der Waals surface area contributed by atoms with Crippen LogP contribution in [0, 0.1) is 0 Å². The Bertz CT molecular complexity index is 522. The first-order chi connectivity index (χ1) is 8.70. The number of pyridine rings is 1. The summed E-state index contributed by atoms with van der Waals surface area (Å²) in [5, 5.41) is 0.541. The van der Waals surface area contributed by atoms with Gasteiger partial charge in [-0.05, 0) is 30.3 Å². The maximum atomic E-state index is 6.10. The van der Waals surface area contributed by atoms with Gasteiger partial charge in [0.05, 0.1) is 10.7 Å². The van der Waals surface area contributed by atoms with Gasteiger partial charge in [-0.15, -0.1) is 0 Å². The second-order valence-corrected chi connectivity index (χ2v) is 4.99. The van der Waals surface area contributed by atoms with Crippen molar-refractivity contribution in [2.45, 2.75) is 6.10 Å². The van der Waals surface area contributed by atoms with Crippen LogP contribution < -0.4 is 10.5 Å². The Balaban J connectivity index is 2.21. The van der Waals surface area contributed by atoms with Crippen molar-refractivity contribution in [2.75, 3.05) is 6.54 Å². The van der Waals surface area contributed by atoms with Crippen LogP contribution in [0.5, 0.6) is 5.75 Å². The first-order valence-corrected chi connectivity index (χ1v) is 6.60. The van der Waals surface area contributed by atoms with Gasteiger partial charge in [0.2, 0.25) is 0 Å². The highest BCUT2D eigenvalue weighted by Gasteiger charge is 2.14. The molecule has 0 radical (unpaired) electrons. The minimum atomic E-state index is -0.301. The molecule has 0 spiro atoms. The summed E-state index contributed by atoms with van der Waals surface area (Å²) < 4.78 is 6.70. The normalized spacial score (nSPS) is 12.2. The van der Waals surface area contributed by atoms with Crippen molar-refractivity contribution >= 4 is 27.5 Å². The average Bonchev–Trinajstić information content (AvgIpc) is 2.39. The molecule has 0 aliphatic heterocycles. The second-order valence-electron chi connectivity index (χ2n) is 3.67. The van der Waals surface area contributed by atoms with Crippen molar-refractivity contribution in [3.63, 3.8) is 0 Å². The Morgan fingerprint density at radius 3 is 2.78 bits per heavy atom. The predicted octanol–water partition coefficient (Wildman–Crippen LogP) is 3.58. The molecule has 1 heterocycles.